The van der Waals surface area contributed by atoms with Gasteiger partial charge < -0.3 is 14.6 Å². The minimum atomic E-state index is -1.06. The number of aliphatic carboxylic acids is 1. The average Bonchev–Trinajstić information content (AvgIpc) is 2.17. The molecule has 16 heavy (non-hydrogen) atoms. The third kappa shape index (κ3) is 3.76. The van der Waals surface area contributed by atoms with E-state index in [9.17, 15) is 9.90 Å². The topological polar surface area (TPSA) is 55.8 Å². The van der Waals surface area contributed by atoms with Crippen molar-refractivity contribution in [1.29, 1.82) is 0 Å². The van der Waals surface area contributed by atoms with Crippen molar-refractivity contribution in [2.24, 2.45) is 5.92 Å². The summed E-state index contributed by atoms with van der Waals surface area (Å²) in [6, 6.07) is 0. The molecule has 0 aliphatic carbocycles. The molecular weight excluding hydrogens is 208 g/mol. The molecule has 0 aromatic rings. The van der Waals surface area contributed by atoms with Crippen molar-refractivity contribution >= 4 is 5.97 Å². The number of rotatable bonds is 5. The van der Waals surface area contributed by atoms with Crippen LogP contribution in [0.25, 0.3) is 0 Å². The first-order chi connectivity index (χ1) is 7.44. The Morgan fingerprint density at radius 1 is 1.50 bits per heavy atom. The molecule has 1 fully saturated rings. The lowest BCUT2D eigenvalue weighted by molar-refractivity contribution is -0.179. The molecule has 94 valence electrons. The van der Waals surface area contributed by atoms with E-state index in [1.165, 1.54) is 0 Å². The normalized spacial score (nSPS) is 22.0. The number of carboxylic acid groups (broad SMARTS) is 1. The molecule has 0 aromatic carbocycles. The fourth-order valence-corrected chi connectivity index (χ4v) is 2.13. The first kappa shape index (κ1) is 13.5. The second-order valence-corrected chi connectivity index (χ2v) is 5.06. The van der Waals surface area contributed by atoms with Gasteiger partial charge in [-0.2, -0.15) is 0 Å². The van der Waals surface area contributed by atoms with Gasteiger partial charge in [0.15, 0.2) is 5.60 Å². The van der Waals surface area contributed by atoms with E-state index < -0.39 is 11.6 Å². The van der Waals surface area contributed by atoms with Crippen LogP contribution in [0.1, 0.15) is 40.0 Å². The maximum absolute atomic E-state index is 11.3. The lowest BCUT2D eigenvalue weighted by Gasteiger charge is -2.33. The Balaban J connectivity index is 2.58. The molecule has 0 radical (unpaired) electrons. The molecule has 0 amide bonds. The van der Waals surface area contributed by atoms with Crippen molar-refractivity contribution in [3.63, 3.8) is 0 Å². The number of carbonyl (C=O) groups is 1. The SMILES string of the molecule is CC(C)CC(C)(OC1CCOCC1)C(=O)O. The van der Waals surface area contributed by atoms with Crippen LogP contribution in [0, 0.1) is 5.92 Å². The summed E-state index contributed by atoms with van der Waals surface area (Å²) >= 11 is 0. The summed E-state index contributed by atoms with van der Waals surface area (Å²) in [5.41, 5.74) is -1.06. The monoisotopic (exact) mass is 230 g/mol. The zero-order chi connectivity index (χ0) is 12.2. The largest absolute Gasteiger partial charge is 0.479 e. The minimum absolute atomic E-state index is 0.0219. The van der Waals surface area contributed by atoms with Crippen molar-refractivity contribution in [3.05, 3.63) is 0 Å². The molecule has 1 aliphatic rings. The quantitative estimate of drug-likeness (QED) is 0.785. The number of ether oxygens (including phenoxy) is 2. The molecule has 0 spiro atoms. The molecule has 1 unspecified atom stereocenters. The lowest BCUT2D eigenvalue weighted by atomic mass is 9.93. The van der Waals surface area contributed by atoms with Crippen molar-refractivity contribution in [1.82, 2.24) is 0 Å². The zero-order valence-electron chi connectivity index (χ0n) is 10.4. The van der Waals surface area contributed by atoms with Gasteiger partial charge in [0.25, 0.3) is 0 Å². The van der Waals surface area contributed by atoms with Crippen LogP contribution in [0.3, 0.4) is 0 Å². The second-order valence-electron chi connectivity index (χ2n) is 5.06. The summed E-state index contributed by atoms with van der Waals surface area (Å²) in [7, 11) is 0. The Labute approximate surface area is 96.9 Å². The van der Waals surface area contributed by atoms with Crippen molar-refractivity contribution in [2.75, 3.05) is 13.2 Å². The Kier molecular flexibility index (Phi) is 4.74. The summed E-state index contributed by atoms with van der Waals surface area (Å²) in [6.07, 6.45) is 2.15. The van der Waals surface area contributed by atoms with Gasteiger partial charge >= 0.3 is 5.97 Å². The predicted molar refractivity (Wildman–Crippen MR) is 60.4 cm³/mol. The predicted octanol–water partition coefficient (Wildman–Crippen LogP) is 2.07. The Morgan fingerprint density at radius 2 is 2.06 bits per heavy atom. The number of hydrogen-bond donors (Lipinski definition) is 1. The first-order valence-corrected chi connectivity index (χ1v) is 5.93. The van der Waals surface area contributed by atoms with Gasteiger partial charge in [-0.15, -0.1) is 0 Å². The molecule has 1 N–H and O–H groups in total. The van der Waals surface area contributed by atoms with E-state index in [-0.39, 0.29) is 6.10 Å². The van der Waals surface area contributed by atoms with Crippen molar-refractivity contribution in [2.45, 2.75) is 51.7 Å². The van der Waals surface area contributed by atoms with E-state index in [0.717, 1.165) is 12.8 Å². The summed E-state index contributed by atoms with van der Waals surface area (Å²) in [6.45, 7) is 7.03. The molecule has 1 heterocycles. The van der Waals surface area contributed by atoms with Crippen LogP contribution in [0.2, 0.25) is 0 Å². The highest BCUT2D eigenvalue weighted by Gasteiger charge is 2.37. The van der Waals surface area contributed by atoms with Gasteiger partial charge in [-0.3, -0.25) is 0 Å². The van der Waals surface area contributed by atoms with Gasteiger partial charge in [0.1, 0.15) is 0 Å². The fraction of sp³-hybridized carbons (Fsp3) is 0.917. The highest BCUT2D eigenvalue weighted by atomic mass is 16.5. The van der Waals surface area contributed by atoms with Crippen LogP contribution in [0.4, 0.5) is 0 Å². The fourth-order valence-electron chi connectivity index (χ4n) is 2.13. The molecule has 0 saturated carbocycles. The zero-order valence-corrected chi connectivity index (χ0v) is 10.4. The molecule has 4 nitrogen and oxygen atoms in total. The molecule has 1 saturated heterocycles. The Morgan fingerprint density at radius 3 is 2.50 bits per heavy atom. The van der Waals surface area contributed by atoms with Crippen LogP contribution in [-0.4, -0.2) is 36.0 Å². The van der Waals surface area contributed by atoms with Gasteiger partial charge in [0.05, 0.1) is 6.10 Å². The third-order valence-electron chi connectivity index (χ3n) is 2.85. The van der Waals surface area contributed by atoms with Crippen LogP contribution in [0.15, 0.2) is 0 Å². The number of carboxylic acids is 1. The second kappa shape index (κ2) is 5.64. The van der Waals surface area contributed by atoms with Crippen LogP contribution >= 0.6 is 0 Å². The van der Waals surface area contributed by atoms with Crippen LogP contribution < -0.4 is 0 Å². The van der Waals surface area contributed by atoms with Crippen LogP contribution in [0.5, 0.6) is 0 Å². The molecule has 0 aromatic heterocycles. The van der Waals surface area contributed by atoms with E-state index in [2.05, 4.69) is 0 Å². The van der Waals surface area contributed by atoms with Crippen LogP contribution in [-0.2, 0) is 14.3 Å². The first-order valence-electron chi connectivity index (χ1n) is 5.93. The maximum atomic E-state index is 11.3. The third-order valence-corrected chi connectivity index (χ3v) is 2.85. The van der Waals surface area contributed by atoms with Gasteiger partial charge in [-0.05, 0) is 32.1 Å². The minimum Gasteiger partial charge on any atom is -0.479 e. The molecule has 4 heteroatoms. The molecule has 0 bridgehead atoms. The molecule has 1 atom stereocenters. The van der Waals surface area contributed by atoms with Gasteiger partial charge in [-0.25, -0.2) is 4.79 Å². The summed E-state index contributed by atoms with van der Waals surface area (Å²) in [5, 5.41) is 9.26. The summed E-state index contributed by atoms with van der Waals surface area (Å²) in [4.78, 5) is 11.3. The van der Waals surface area contributed by atoms with Gasteiger partial charge in [0, 0.05) is 13.2 Å². The lowest BCUT2D eigenvalue weighted by Crippen LogP contribution is -2.44. The molecule has 1 aliphatic heterocycles. The van der Waals surface area contributed by atoms with Crippen molar-refractivity contribution < 1.29 is 19.4 Å². The summed E-state index contributed by atoms with van der Waals surface area (Å²) < 4.78 is 11.0. The highest BCUT2D eigenvalue weighted by molar-refractivity contribution is 5.76. The highest BCUT2D eigenvalue weighted by Crippen LogP contribution is 2.26. The number of hydrogen-bond acceptors (Lipinski definition) is 3. The molecular formula is C12H22O4. The Bertz CT molecular complexity index is 233. The maximum Gasteiger partial charge on any atom is 0.335 e. The van der Waals surface area contributed by atoms with E-state index in [1.807, 2.05) is 13.8 Å². The van der Waals surface area contributed by atoms with Gasteiger partial charge in [-0.1, -0.05) is 13.8 Å². The smallest absolute Gasteiger partial charge is 0.335 e. The van der Waals surface area contributed by atoms with E-state index in [1.54, 1.807) is 6.92 Å². The molecule has 1 rings (SSSR count). The summed E-state index contributed by atoms with van der Waals surface area (Å²) in [5.74, 6) is -0.561. The average molecular weight is 230 g/mol. The standard InChI is InChI=1S/C12H22O4/c1-9(2)8-12(3,11(13)14)16-10-4-6-15-7-5-10/h9-10H,4-8H2,1-3H3,(H,13,14). The van der Waals surface area contributed by atoms with E-state index in [0.29, 0.717) is 25.6 Å². The van der Waals surface area contributed by atoms with Crippen molar-refractivity contribution in [3.8, 4) is 0 Å². The van der Waals surface area contributed by atoms with E-state index >= 15 is 0 Å². The van der Waals surface area contributed by atoms with E-state index in [4.69, 9.17) is 9.47 Å². The Hall–Kier alpha value is -0.610. The van der Waals surface area contributed by atoms with Gasteiger partial charge in [0.2, 0.25) is 0 Å².